The van der Waals surface area contributed by atoms with E-state index in [0.29, 0.717) is 6.61 Å². The van der Waals surface area contributed by atoms with Crippen LogP contribution in [0.25, 0.3) is 10.8 Å². The number of hydrogen-bond donors (Lipinski definition) is 0. The maximum atomic E-state index is 5.56. The van der Waals surface area contributed by atoms with Gasteiger partial charge in [-0.05, 0) is 73.8 Å². The number of anilines is 2. The number of benzene rings is 4. The van der Waals surface area contributed by atoms with Gasteiger partial charge in [0.1, 0.15) is 12.3 Å². The van der Waals surface area contributed by atoms with Crippen LogP contribution in [0.1, 0.15) is 25.0 Å². The molecule has 4 aromatic carbocycles. The van der Waals surface area contributed by atoms with E-state index in [0.717, 1.165) is 23.7 Å². The van der Waals surface area contributed by atoms with Crippen LogP contribution in [0.2, 0.25) is 0 Å². The molecule has 0 atom stereocenters. The van der Waals surface area contributed by atoms with Crippen LogP contribution in [0.5, 0.6) is 5.75 Å². The highest BCUT2D eigenvalue weighted by Gasteiger charge is 2.31. The lowest BCUT2D eigenvalue weighted by Crippen LogP contribution is -3.00. The van der Waals surface area contributed by atoms with Crippen molar-refractivity contribution in [2.24, 2.45) is 0 Å². The molecule has 4 heteroatoms. The first-order valence-corrected chi connectivity index (χ1v) is 10.9. The van der Waals surface area contributed by atoms with Gasteiger partial charge in [-0.3, -0.25) is 0 Å². The van der Waals surface area contributed by atoms with Crippen molar-refractivity contribution < 1.29 is 21.7 Å². The Bertz CT molecular complexity index is 1270. The molecule has 162 valence electrons. The molecule has 0 spiro atoms. The molecule has 1 heterocycles. The van der Waals surface area contributed by atoms with E-state index >= 15 is 0 Å². The predicted octanol–water partition coefficient (Wildman–Crippen LogP) is 3.53. The molecular formula is C28H27ClN2O. The highest BCUT2D eigenvalue weighted by Crippen LogP contribution is 2.37. The maximum Gasteiger partial charge on any atom is 0.221 e. The minimum Gasteiger partial charge on any atom is -1.00 e. The van der Waals surface area contributed by atoms with Crippen LogP contribution in [0.4, 0.5) is 17.1 Å². The third-order valence-corrected chi connectivity index (χ3v) is 6.08. The zero-order chi connectivity index (χ0) is 21.4. The minimum absolute atomic E-state index is 0. The molecule has 0 aliphatic carbocycles. The summed E-state index contributed by atoms with van der Waals surface area (Å²) in [7, 11) is 2.10. The van der Waals surface area contributed by atoms with Gasteiger partial charge in [-0.15, -0.1) is 0 Å². The van der Waals surface area contributed by atoms with Gasteiger partial charge in [0.2, 0.25) is 11.4 Å². The third-order valence-electron chi connectivity index (χ3n) is 6.08. The van der Waals surface area contributed by atoms with Crippen LogP contribution in [0, 0.1) is 0 Å². The van der Waals surface area contributed by atoms with E-state index in [1.807, 2.05) is 19.1 Å². The quantitative estimate of drug-likeness (QED) is 0.424. The van der Waals surface area contributed by atoms with E-state index in [1.165, 1.54) is 33.3 Å². The summed E-state index contributed by atoms with van der Waals surface area (Å²) < 4.78 is 8.00. The molecule has 0 N–H and O–H groups in total. The second kappa shape index (κ2) is 9.05. The molecule has 32 heavy (non-hydrogen) atoms. The van der Waals surface area contributed by atoms with E-state index in [2.05, 4.69) is 96.2 Å². The topological polar surface area (TPSA) is 15.5 Å². The van der Waals surface area contributed by atoms with Crippen LogP contribution >= 0.6 is 0 Å². The molecule has 1 aliphatic heterocycles. The van der Waals surface area contributed by atoms with Crippen molar-refractivity contribution in [3.8, 4) is 5.75 Å². The fraction of sp³-hybridized carbons (Fsp3) is 0.179. The van der Waals surface area contributed by atoms with Gasteiger partial charge in [-0.1, -0.05) is 24.3 Å². The Balaban J connectivity index is 0.00000245. The number of ether oxygens (including phenoxy) is 1. The fourth-order valence-corrected chi connectivity index (χ4v) is 4.57. The molecule has 0 saturated carbocycles. The normalized spacial score (nSPS) is 12.1. The van der Waals surface area contributed by atoms with Crippen molar-refractivity contribution in [3.05, 3.63) is 96.1 Å². The first kappa shape index (κ1) is 21.9. The molecule has 0 radical (unpaired) electrons. The van der Waals surface area contributed by atoms with Gasteiger partial charge in [-0.25, -0.2) is 0 Å². The summed E-state index contributed by atoms with van der Waals surface area (Å²) in [6, 6.07) is 30.3. The molecule has 4 aromatic rings. The summed E-state index contributed by atoms with van der Waals surface area (Å²) in [6.45, 7) is 5.85. The largest absolute Gasteiger partial charge is 1.00 e. The molecule has 0 amide bonds. The summed E-state index contributed by atoms with van der Waals surface area (Å²) in [5.41, 5.74) is 7.46. The molecule has 1 aliphatic rings. The zero-order valence-electron chi connectivity index (χ0n) is 18.7. The SMILES string of the molecule is CCOc1ccc(N(C)c2ccc(C3=[N+](CC)c4cccc5cccc3c45)cc2)cc1.[Cl-]. The monoisotopic (exact) mass is 442 g/mol. The van der Waals surface area contributed by atoms with Gasteiger partial charge in [0, 0.05) is 30.1 Å². The highest BCUT2D eigenvalue weighted by molar-refractivity contribution is 6.22. The minimum atomic E-state index is 0. The highest BCUT2D eigenvalue weighted by atomic mass is 35.5. The van der Waals surface area contributed by atoms with Gasteiger partial charge in [0.05, 0.1) is 17.6 Å². The van der Waals surface area contributed by atoms with Crippen molar-refractivity contribution in [2.45, 2.75) is 13.8 Å². The first-order valence-electron chi connectivity index (χ1n) is 10.9. The average Bonchev–Trinajstić information content (AvgIpc) is 3.15. The van der Waals surface area contributed by atoms with Gasteiger partial charge in [0.15, 0.2) is 0 Å². The molecule has 0 fully saturated rings. The van der Waals surface area contributed by atoms with E-state index in [4.69, 9.17) is 4.74 Å². The maximum absolute atomic E-state index is 5.56. The molecule has 0 aromatic heterocycles. The van der Waals surface area contributed by atoms with E-state index in [1.54, 1.807) is 0 Å². The molecular weight excluding hydrogens is 416 g/mol. The second-order valence-corrected chi connectivity index (χ2v) is 7.81. The van der Waals surface area contributed by atoms with Gasteiger partial charge < -0.3 is 22.0 Å². The van der Waals surface area contributed by atoms with Crippen LogP contribution in [0.15, 0.2) is 84.9 Å². The van der Waals surface area contributed by atoms with E-state index < -0.39 is 0 Å². The summed E-state index contributed by atoms with van der Waals surface area (Å²) in [5.74, 6) is 0.904. The zero-order valence-corrected chi connectivity index (χ0v) is 19.4. The standard InChI is InChI=1S/C28H27N2O.ClH/c1-4-30-26-11-7-9-20-8-6-10-25(27(20)26)28(30)21-12-14-22(15-13-21)29(3)23-16-18-24(19-17-23)31-5-2;/h6-19H,4-5H2,1-3H3;1H/q+1;/p-1. The Kier molecular flexibility index (Phi) is 6.20. The lowest BCUT2D eigenvalue weighted by Gasteiger charge is -2.20. The number of nitrogens with zero attached hydrogens (tertiary/aromatic N) is 2. The number of hydrogen-bond acceptors (Lipinski definition) is 2. The number of halogens is 1. The van der Waals surface area contributed by atoms with Gasteiger partial charge >= 0.3 is 0 Å². The van der Waals surface area contributed by atoms with Crippen molar-refractivity contribution >= 4 is 33.5 Å². The molecule has 0 unspecified atom stereocenters. The Morgan fingerprint density at radius 2 is 1.41 bits per heavy atom. The fourth-order valence-electron chi connectivity index (χ4n) is 4.57. The van der Waals surface area contributed by atoms with Crippen molar-refractivity contribution in [3.63, 3.8) is 0 Å². The Morgan fingerprint density at radius 3 is 2.03 bits per heavy atom. The van der Waals surface area contributed by atoms with Crippen LogP contribution in [-0.4, -0.2) is 30.5 Å². The van der Waals surface area contributed by atoms with Crippen LogP contribution < -0.4 is 22.0 Å². The summed E-state index contributed by atoms with van der Waals surface area (Å²) in [6.07, 6.45) is 0. The Labute approximate surface area is 196 Å². The van der Waals surface area contributed by atoms with E-state index in [-0.39, 0.29) is 12.4 Å². The summed E-state index contributed by atoms with van der Waals surface area (Å²) in [5, 5.41) is 2.66. The lowest BCUT2D eigenvalue weighted by atomic mass is 9.98. The summed E-state index contributed by atoms with van der Waals surface area (Å²) >= 11 is 0. The molecule has 0 bridgehead atoms. The smallest absolute Gasteiger partial charge is 0.221 e. The van der Waals surface area contributed by atoms with E-state index in [9.17, 15) is 0 Å². The van der Waals surface area contributed by atoms with Gasteiger partial charge in [0.25, 0.3) is 0 Å². The van der Waals surface area contributed by atoms with Crippen molar-refractivity contribution in [1.82, 2.24) is 0 Å². The Morgan fingerprint density at radius 1 is 0.781 bits per heavy atom. The van der Waals surface area contributed by atoms with Crippen molar-refractivity contribution in [2.75, 3.05) is 25.1 Å². The first-order chi connectivity index (χ1) is 15.2. The average molecular weight is 443 g/mol. The van der Waals surface area contributed by atoms with Gasteiger partial charge in [-0.2, -0.15) is 4.58 Å². The van der Waals surface area contributed by atoms with Crippen LogP contribution in [-0.2, 0) is 0 Å². The van der Waals surface area contributed by atoms with Crippen LogP contribution in [0.3, 0.4) is 0 Å². The second-order valence-electron chi connectivity index (χ2n) is 7.81. The molecule has 3 nitrogen and oxygen atoms in total. The third kappa shape index (κ3) is 3.63. The lowest BCUT2D eigenvalue weighted by molar-refractivity contribution is -0.431. The summed E-state index contributed by atoms with van der Waals surface area (Å²) in [4.78, 5) is 2.20. The number of rotatable bonds is 6. The molecule has 0 saturated heterocycles. The predicted molar refractivity (Wildman–Crippen MR) is 130 cm³/mol. The Hall–Kier alpha value is -3.30. The molecule has 5 rings (SSSR count). The van der Waals surface area contributed by atoms with Crippen molar-refractivity contribution in [1.29, 1.82) is 0 Å².